The highest BCUT2D eigenvalue weighted by atomic mass is 16.1. The third-order valence-corrected chi connectivity index (χ3v) is 3.09. The van der Waals surface area contributed by atoms with E-state index in [1.807, 2.05) is 0 Å². The molecule has 0 bridgehead atoms. The summed E-state index contributed by atoms with van der Waals surface area (Å²) in [5, 5.41) is 3.05. The molecule has 3 N–H and O–H groups in total. The number of carbonyl (C=O) groups is 1. The van der Waals surface area contributed by atoms with E-state index < -0.39 is 0 Å². The van der Waals surface area contributed by atoms with Crippen molar-refractivity contribution in [2.24, 2.45) is 17.6 Å². The van der Waals surface area contributed by atoms with Crippen LogP contribution in [0.5, 0.6) is 0 Å². The van der Waals surface area contributed by atoms with E-state index in [2.05, 4.69) is 33.0 Å². The van der Waals surface area contributed by atoms with Crippen molar-refractivity contribution in [2.45, 2.75) is 65.8 Å². The number of nitrogens with two attached hydrogens (primary N) is 1. The van der Waals surface area contributed by atoms with Gasteiger partial charge in [0.25, 0.3) is 0 Å². The molecule has 0 aliphatic heterocycles. The Bertz CT molecular complexity index is 204. The van der Waals surface area contributed by atoms with Gasteiger partial charge < -0.3 is 11.1 Å². The number of amides is 1. The second-order valence-electron chi connectivity index (χ2n) is 5.67. The fraction of sp³-hybridized carbons (Fsp3) is 0.929. The first kappa shape index (κ1) is 16.4. The highest BCUT2D eigenvalue weighted by Crippen LogP contribution is 2.09. The van der Waals surface area contributed by atoms with Crippen molar-refractivity contribution in [3.05, 3.63) is 0 Å². The molecule has 2 unspecified atom stereocenters. The van der Waals surface area contributed by atoms with Crippen LogP contribution in [0.15, 0.2) is 0 Å². The van der Waals surface area contributed by atoms with Crippen LogP contribution in [0, 0.1) is 11.8 Å². The number of nitrogens with one attached hydrogen (secondary N) is 1. The van der Waals surface area contributed by atoms with Gasteiger partial charge in [0, 0.05) is 12.5 Å². The molecule has 0 aromatic rings. The third kappa shape index (κ3) is 10.3. The SMILES string of the molecule is CC(C)CCCC(C)NC(=O)CCC(C)CN. The summed E-state index contributed by atoms with van der Waals surface area (Å²) in [6.45, 7) is 9.30. The van der Waals surface area contributed by atoms with Crippen LogP contribution >= 0.6 is 0 Å². The summed E-state index contributed by atoms with van der Waals surface area (Å²) in [7, 11) is 0. The Morgan fingerprint density at radius 2 is 1.76 bits per heavy atom. The first-order valence-electron chi connectivity index (χ1n) is 6.95. The molecule has 3 nitrogen and oxygen atoms in total. The molecule has 0 aromatic heterocycles. The van der Waals surface area contributed by atoms with Gasteiger partial charge in [-0.25, -0.2) is 0 Å². The summed E-state index contributed by atoms with van der Waals surface area (Å²) in [4.78, 5) is 11.6. The average molecular weight is 242 g/mol. The molecule has 0 radical (unpaired) electrons. The fourth-order valence-electron chi connectivity index (χ4n) is 1.75. The summed E-state index contributed by atoms with van der Waals surface area (Å²) in [6.07, 6.45) is 5.01. The number of hydrogen-bond donors (Lipinski definition) is 2. The lowest BCUT2D eigenvalue weighted by Gasteiger charge is -2.15. The standard InChI is InChI=1S/C14H30N2O/c1-11(2)6-5-7-13(4)16-14(17)9-8-12(3)10-15/h11-13H,5-10,15H2,1-4H3,(H,16,17). The van der Waals surface area contributed by atoms with Crippen LogP contribution in [0.25, 0.3) is 0 Å². The van der Waals surface area contributed by atoms with Gasteiger partial charge in [0.15, 0.2) is 0 Å². The highest BCUT2D eigenvalue weighted by Gasteiger charge is 2.09. The summed E-state index contributed by atoms with van der Waals surface area (Å²) in [5.41, 5.74) is 5.52. The van der Waals surface area contributed by atoms with E-state index in [1.165, 1.54) is 12.8 Å². The van der Waals surface area contributed by atoms with Gasteiger partial charge in [-0.15, -0.1) is 0 Å². The monoisotopic (exact) mass is 242 g/mol. The van der Waals surface area contributed by atoms with E-state index in [1.54, 1.807) is 0 Å². The topological polar surface area (TPSA) is 55.1 Å². The molecule has 0 fully saturated rings. The molecule has 3 heteroatoms. The molecule has 0 aliphatic carbocycles. The minimum Gasteiger partial charge on any atom is -0.354 e. The molecule has 1 amide bonds. The predicted molar refractivity (Wildman–Crippen MR) is 73.7 cm³/mol. The second kappa shape index (κ2) is 9.46. The van der Waals surface area contributed by atoms with E-state index in [4.69, 9.17) is 5.73 Å². The van der Waals surface area contributed by atoms with Crippen LogP contribution in [0.3, 0.4) is 0 Å². The van der Waals surface area contributed by atoms with Crippen molar-refractivity contribution in [3.63, 3.8) is 0 Å². The van der Waals surface area contributed by atoms with Gasteiger partial charge in [0.1, 0.15) is 0 Å². The zero-order valence-electron chi connectivity index (χ0n) is 12.0. The van der Waals surface area contributed by atoms with Crippen molar-refractivity contribution in [3.8, 4) is 0 Å². The zero-order valence-corrected chi connectivity index (χ0v) is 12.0. The van der Waals surface area contributed by atoms with E-state index in [0.29, 0.717) is 24.9 Å². The summed E-state index contributed by atoms with van der Waals surface area (Å²) in [6, 6.07) is 0.300. The zero-order chi connectivity index (χ0) is 13.3. The maximum Gasteiger partial charge on any atom is 0.220 e. The van der Waals surface area contributed by atoms with Gasteiger partial charge in [-0.2, -0.15) is 0 Å². The Balaban J connectivity index is 3.58. The Morgan fingerprint density at radius 3 is 2.29 bits per heavy atom. The van der Waals surface area contributed by atoms with Crippen LogP contribution in [-0.2, 0) is 4.79 Å². The van der Waals surface area contributed by atoms with Crippen LogP contribution in [0.2, 0.25) is 0 Å². The molecular formula is C14H30N2O. The summed E-state index contributed by atoms with van der Waals surface area (Å²) < 4.78 is 0. The lowest BCUT2D eigenvalue weighted by atomic mass is 10.0. The predicted octanol–water partition coefficient (Wildman–Crippen LogP) is 2.69. The van der Waals surface area contributed by atoms with Crippen LogP contribution < -0.4 is 11.1 Å². The summed E-state index contributed by atoms with van der Waals surface area (Å²) in [5.74, 6) is 1.36. The van der Waals surface area contributed by atoms with Crippen LogP contribution in [-0.4, -0.2) is 18.5 Å². The molecule has 102 valence electrons. The Kier molecular flexibility index (Phi) is 9.14. The number of hydrogen-bond acceptors (Lipinski definition) is 2. The number of carbonyl (C=O) groups excluding carboxylic acids is 1. The van der Waals surface area contributed by atoms with Crippen molar-refractivity contribution in [1.29, 1.82) is 0 Å². The maximum atomic E-state index is 11.6. The van der Waals surface area contributed by atoms with Gasteiger partial charge in [-0.05, 0) is 38.1 Å². The molecular weight excluding hydrogens is 212 g/mol. The van der Waals surface area contributed by atoms with Crippen molar-refractivity contribution < 1.29 is 4.79 Å². The smallest absolute Gasteiger partial charge is 0.220 e. The molecule has 0 heterocycles. The van der Waals surface area contributed by atoms with Gasteiger partial charge in [0.2, 0.25) is 5.91 Å². The molecule has 0 aromatic carbocycles. The molecule has 0 rings (SSSR count). The van der Waals surface area contributed by atoms with Gasteiger partial charge in [-0.1, -0.05) is 33.6 Å². The van der Waals surface area contributed by atoms with Gasteiger partial charge >= 0.3 is 0 Å². The normalized spacial score (nSPS) is 14.7. The largest absolute Gasteiger partial charge is 0.354 e. The average Bonchev–Trinajstić information content (AvgIpc) is 2.25. The molecule has 2 atom stereocenters. The Morgan fingerprint density at radius 1 is 1.12 bits per heavy atom. The van der Waals surface area contributed by atoms with Crippen molar-refractivity contribution in [1.82, 2.24) is 5.32 Å². The fourth-order valence-corrected chi connectivity index (χ4v) is 1.75. The molecule has 0 saturated heterocycles. The highest BCUT2D eigenvalue weighted by molar-refractivity contribution is 5.76. The number of rotatable bonds is 9. The lowest BCUT2D eigenvalue weighted by Crippen LogP contribution is -2.32. The van der Waals surface area contributed by atoms with E-state index in [9.17, 15) is 4.79 Å². The first-order valence-corrected chi connectivity index (χ1v) is 6.95. The minimum absolute atomic E-state index is 0.169. The summed E-state index contributed by atoms with van der Waals surface area (Å²) >= 11 is 0. The molecule has 0 saturated carbocycles. The second-order valence-corrected chi connectivity index (χ2v) is 5.67. The third-order valence-electron chi connectivity index (χ3n) is 3.09. The van der Waals surface area contributed by atoms with Gasteiger partial charge in [-0.3, -0.25) is 4.79 Å². The lowest BCUT2D eigenvalue weighted by molar-refractivity contribution is -0.122. The van der Waals surface area contributed by atoms with Crippen molar-refractivity contribution in [2.75, 3.05) is 6.54 Å². The Hall–Kier alpha value is -0.570. The van der Waals surface area contributed by atoms with E-state index in [-0.39, 0.29) is 5.91 Å². The van der Waals surface area contributed by atoms with Crippen molar-refractivity contribution >= 4 is 5.91 Å². The Labute approximate surface area is 107 Å². The van der Waals surface area contributed by atoms with E-state index in [0.717, 1.165) is 18.8 Å². The molecule has 17 heavy (non-hydrogen) atoms. The quantitative estimate of drug-likeness (QED) is 0.653. The molecule has 0 spiro atoms. The van der Waals surface area contributed by atoms with Crippen LogP contribution in [0.4, 0.5) is 0 Å². The van der Waals surface area contributed by atoms with Crippen LogP contribution in [0.1, 0.15) is 59.8 Å². The maximum absolute atomic E-state index is 11.6. The first-order chi connectivity index (χ1) is 7.95. The van der Waals surface area contributed by atoms with Gasteiger partial charge in [0.05, 0.1) is 0 Å². The minimum atomic E-state index is 0.169. The van der Waals surface area contributed by atoms with E-state index >= 15 is 0 Å². The molecule has 0 aliphatic rings.